The van der Waals surface area contributed by atoms with E-state index in [1.54, 1.807) is 49.6 Å². The van der Waals surface area contributed by atoms with Crippen LogP contribution in [-0.4, -0.2) is 47.4 Å². The third-order valence-corrected chi connectivity index (χ3v) is 4.57. The fraction of sp³-hybridized carbons (Fsp3) is 0.304. The number of methoxy groups -OCH3 is 5. The molecular weight excluding hydrogens is 402 g/mol. The second-order valence-corrected chi connectivity index (χ2v) is 6.37. The normalized spacial score (nSPS) is 11.5. The minimum Gasteiger partial charge on any atom is -0.493 e. The molecule has 0 aliphatic heterocycles. The van der Waals surface area contributed by atoms with Gasteiger partial charge in [0.1, 0.15) is 0 Å². The zero-order valence-electron chi connectivity index (χ0n) is 18.3. The van der Waals surface area contributed by atoms with Gasteiger partial charge in [0.05, 0.1) is 48.0 Å². The summed E-state index contributed by atoms with van der Waals surface area (Å²) in [5.41, 5.74) is 1.34. The molecule has 0 heterocycles. The summed E-state index contributed by atoms with van der Waals surface area (Å²) in [4.78, 5) is 24.5. The second-order valence-electron chi connectivity index (χ2n) is 6.37. The summed E-state index contributed by atoms with van der Waals surface area (Å²) >= 11 is 0. The van der Waals surface area contributed by atoms with E-state index < -0.39 is 17.9 Å². The van der Waals surface area contributed by atoms with Crippen molar-refractivity contribution in [1.29, 1.82) is 0 Å². The number of para-hydroxylation sites is 1. The number of carbonyl (C=O) groups excluding carboxylic acids is 2. The smallest absolute Gasteiger partial charge is 0.307 e. The highest BCUT2D eigenvalue weighted by molar-refractivity contribution is 5.92. The molecular formula is C23H27NO7. The zero-order valence-corrected chi connectivity index (χ0v) is 18.3. The number of hydrogen-bond donors (Lipinski definition) is 1. The Morgan fingerprint density at radius 1 is 0.903 bits per heavy atom. The van der Waals surface area contributed by atoms with Crippen LogP contribution in [0.3, 0.4) is 0 Å². The first-order valence-corrected chi connectivity index (χ1v) is 9.45. The van der Waals surface area contributed by atoms with Crippen molar-refractivity contribution in [3.05, 3.63) is 53.6 Å². The van der Waals surface area contributed by atoms with Gasteiger partial charge in [0.2, 0.25) is 5.91 Å². The maximum atomic E-state index is 12.6. The molecule has 1 unspecified atom stereocenters. The Morgan fingerprint density at radius 2 is 1.61 bits per heavy atom. The van der Waals surface area contributed by atoms with Crippen molar-refractivity contribution in [2.24, 2.45) is 0 Å². The van der Waals surface area contributed by atoms with Crippen LogP contribution in [0.4, 0.5) is 0 Å². The monoisotopic (exact) mass is 429 g/mol. The van der Waals surface area contributed by atoms with Gasteiger partial charge in [-0.3, -0.25) is 9.59 Å². The van der Waals surface area contributed by atoms with Crippen LogP contribution < -0.4 is 24.3 Å². The Morgan fingerprint density at radius 3 is 2.23 bits per heavy atom. The van der Waals surface area contributed by atoms with E-state index in [1.165, 1.54) is 34.5 Å². The molecule has 2 aromatic rings. The standard InChI is InChI=1S/C23H27NO7/c1-27-18-11-9-16(13-20(18)29-3)17(14-22(26)30-4)24-21(25)12-10-15-7-6-8-19(28-2)23(15)31-5/h6-13,17H,14H2,1-5H3,(H,24,25)/b12-10+. The van der Waals surface area contributed by atoms with Gasteiger partial charge in [-0.1, -0.05) is 18.2 Å². The lowest BCUT2D eigenvalue weighted by Crippen LogP contribution is -2.29. The minimum absolute atomic E-state index is 0.0476. The highest BCUT2D eigenvalue weighted by Crippen LogP contribution is 2.32. The molecule has 1 amide bonds. The van der Waals surface area contributed by atoms with Gasteiger partial charge in [0.25, 0.3) is 0 Å². The Labute approximate surface area is 181 Å². The summed E-state index contributed by atoms with van der Waals surface area (Å²) in [6, 6.07) is 9.90. The van der Waals surface area contributed by atoms with Crippen molar-refractivity contribution in [3.8, 4) is 23.0 Å². The van der Waals surface area contributed by atoms with Crippen LogP contribution in [0.1, 0.15) is 23.6 Å². The maximum Gasteiger partial charge on any atom is 0.307 e. The summed E-state index contributed by atoms with van der Waals surface area (Å²) in [5, 5.41) is 2.83. The third kappa shape index (κ3) is 6.15. The molecule has 8 heteroatoms. The summed E-state index contributed by atoms with van der Waals surface area (Å²) in [6.45, 7) is 0. The lowest BCUT2D eigenvalue weighted by Gasteiger charge is -2.19. The number of ether oxygens (including phenoxy) is 5. The van der Waals surface area contributed by atoms with Crippen LogP contribution in [0.2, 0.25) is 0 Å². The van der Waals surface area contributed by atoms with Crippen molar-refractivity contribution in [2.45, 2.75) is 12.5 Å². The number of rotatable bonds is 10. The topological polar surface area (TPSA) is 92.3 Å². The van der Waals surface area contributed by atoms with Gasteiger partial charge < -0.3 is 29.0 Å². The van der Waals surface area contributed by atoms with E-state index in [9.17, 15) is 9.59 Å². The predicted molar refractivity (Wildman–Crippen MR) is 116 cm³/mol. The molecule has 166 valence electrons. The molecule has 0 aliphatic rings. The number of nitrogens with one attached hydrogen (secondary N) is 1. The molecule has 0 saturated heterocycles. The number of benzene rings is 2. The lowest BCUT2D eigenvalue weighted by atomic mass is 10.0. The summed E-state index contributed by atoms with van der Waals surface area (Å²) < 4.78 is 26.0. The first-order chi connectivity index (χ1) is 15.0. The average Bonchev–Trinajstić information content (AvgIpc) is 2.81. The molecule has 1 atom stereocenters. The number of carbonyl (C=O) groups is 2. The number of hydrogen-bond acceptors (Lipinski definition) is 7. The van der Waals surface area contributed by atoms with Crippen LogP contribution in [0.5, 0.6) is 23.0 Å². The van der Waals surface area contributed by atoms with E-state index in [2.05, 4.69) is 5.32 Å². The van der Waals surface area contributed by atoms with Gasteiger partial charge in [0.15, 0.2) is 23.0 Å². The van der Waals surface area contributed by atoms with Crippen LogP contribution in [0.25, 0.3) is 6.08 Å². The van der Waals surface area contributed by atoms with E-state index in [0.29, 0.717) is 34.1 Å². The van der Waals surface area contributed by atoms with Gasteiger partial charge in [-0.25, -0.2) is 0 Å². The molecule has 0 saturated carbocycles. The summed E-state index contributed by atoms with van der Waals surface area (Å²) in [6.07, 6.45) is 2.93. The molecule has 8 nitrogen and oxygen atoms in total. The molecule has 0 aliphatic carbocycles. The second kappa shape index (κ2) is 11.5. The molecule has 0 spiro atoms. The van der Waals surface area contributed by atoms with Gasteiger partial charge in [-0.2, -0.15) is 0 Å². The lowest BCUT2D eigenvalue weighted by molar-refractivity contribution is -0.141. The zero-order chi connectivity index (χ0) is 22.8. The first-order valence-electron chi connectivity index (χ1n) is 9.45. The molecule has 2 rings (SSSR count). The van der Waals surface area contributed by atoms with Gasteiger partial charge in [-0.05, 0) is 29.8 Å². The van der Waals surface area contributed by atoms with Gasteiger partial charge in [0, 0.05) is 11.6 Å². The van der Waals surface area contributed by atoms with Crippen LogP contribution in [0.15, 0.2) is 42.5 Å². The average molecular weight is 429 g/mol. The Hall–Kier alpha value is -3.68. The molecule has 0 fully saturated rings. The van der Waals surface area contributed by atoms with Crippen molar-refractivity contribution < 1.29 is 33.3 Å². The van der Waals surface area contributed by atoms with Crippen molar-refractivity contribution in [1.82, 2.24) is 5.32 Å². The van der Waals surface area contributed by atoms with E-state index in [0.717, 1.165) is 0 Å². The molecule has 0 bridgehead atoms. The largest absolute Gasteiger partial charge is 0.493 e. The molecule has 0 radical (unpaired) electrons. The minimum atomic E-state index is -0.628. The highest BCUT2D eigenvalue weighted by atomic mass is 16.5. The van der Waals surface area contributed by atoms with Gasteiger partial charge in [-0.15, -0.1) is 0 Å². The molecule has 0 aromatic heterocycles. The Kier molecular flexibility index (Phi) is 8.75. The first kappa shape index (κ1) is 23.6. The maximum absolute atomic E-state index is 12.6. The fourth-order valence-electron chi connectivity index (χ4n) is 3.00. The van der Waals surface area contributed by atoms with Crippen LogP contribution in [-0.2, 0) is 14.3 Å². The molecule has 1 N–H and O–H groups in total. The SMILES string of the molecule is COC(=O)CC(NC(=O)/C=C/c1cccc(OC)c1OC)c1ccc(OC)c(OC)c1. The third-order valence-electron chi connectivity index (χ3n) is 4.57. The van der Waals surface area contributed by atoms with Gasteiger partial charge >= 0.3 is 5.97 Å². The number of esters is 1. The van der Waals surface area contributed by atoms with E-state index in [-0.39, 0.29) is 6.42 Å². The van der Waals surface area contributed by atoms with Crippen molar-refractivity contribution in [3.63, 3.8) is 0 Å². The fourth-order valence-corrected chi connectivity index (χ4v) is 3.00. The van der Waals surface area contributed by atoms with E-state index in [1.807, 2.05) is 0 Å². The van der Waals surface area contributed by atoms with Crippen LogP contribution >= 0.6 is 0 Å². The van der Waals surface area contributed by atoms with Crippen LogP contribution in [0, 0.1) is 0 Å². The molecule has 2 aromatic carbocycles. The predicted octanol–water partition coefficient (Wildman–Crippen LogP) is 3.15. The van der Waals surface area contributed by atoms with Crippen molar-refractivity contribution in [2.75, 3.05) is 35.5 Å². The Balaban J connectivity index is 2.26. The quantitative estimate of drug-likeness (QED) is 0.458. The highest BCUT2D eigenvalue weighted by Gasteiger charge is 2.20. The van der Waals surface area contributed by atoms with E-state index >= 15 is 0 Å². The molecule has 31 heavy (non-hydrogen) atoms. The summed E-state index contributed by atoms with van der Waals surface area (Å²) in [5.74, 6) is 1.24. The van der Waals surface area contributed by atoms with Crippen molar-refractivity contribution >= 4 is 18.0 Å². The number of amides is 1. The Bertz CT molecular complexity index is 940. The summed E-state index contributed by atoms with van der Waals surface area (Å²) in [7, 11) is 7.41. The van der Waals surface area contributed by atoms with E-state index in [4.69, 9.17) is 23.7 Å².